The summed E-state index contributed by atoms with van der Waals surface area (Å²) in [5.41, 5.74) is 0.299. The molecule has 0 radical (unpaired) electrons. The molecule has 0 atom stereocenters. The van der Waals surface area contributed by atoms with E-state index in [4.69, 9.17) is 0 Å². The SMILES string of the molecule is CN[C@]1(c2cccc(F)c2)CC[C@]2(CC1)CN(c1ccc(S(C)(=O)=O)cn1)C(=O)N2CC1CC1. The quantitative estimate of drug-likeness (QED) is 0.673. The van der Waals surface area contributed by atoms with E-state index in [0.717, 1.165) is 56.9 Å². The monoisotopic (exact) mass is 486 g/mol. The van der Waals surface area contributed by atoms with Crippen LogP contribution >= 0.6 is 0 Å². The van der Waals surface area contributed by atoms with Crippen molar-refractivity contribution in [2.24, 2.45) is 5.92 Å². The fraction of sp³-hybridized carbons (Fsp3) is 0.520. The first kappa shape index (κ1) is 23.2. The van der Waals surface area contributed by atoms with Crippen LogP contribution in [0.15, 0.2) is 47.5 Å². The Balaban J connectivity index is 1.43. The first-order valence-electron chi connectivity index (χ1n) is 11.9. The predicted molar refractivity (Wildman–Crippen MR) is 128 cm³/mol. The molecule has 7 nitrogen and oxygen atoms in total. The number of sulfone groups is 1. The number of benzene rings is 1. The molecule has 1 saturated heterocycles. The molecule has 1 aromatic heterocycles. The summed E-state index contributed by atoms with van der Waals surface area (Å²) in [6, 6.07) is 9.86. The molecule has 2 amide bonds. The summed E-state index contributed by atoms with van der Waals surface area (Å²) in [4.78, 5) is 21.8. The highest BCUT2D eigenvalue weighted by atomic mass is 32.2. The van der Waals surface area contributed by atoms with Crippen molar-refractivity contribution in [2.75, 3.05) is 31.3 Å². The van der Waals surface area contributed by atoms with E-state index < -0.39 is 9.84 Å². The lowest BCUT2D eigenvalue weighted by Gasteiger charge is -2.48. The van der Waals surface area contributed by atoms with Crippen LogP contribution in [0.25, 0.3) is 0 Å². The molecule has 182 valence electrons. The molecular weight excluding hydrogens is 455 g/mol. The van der Waals surface area contributed by atoms with E-state index in [-0.39, 0.29) is 27.8 Å². The minimum absolute atomic E-state index is 0.0609. The van der Waals surface area contributed by atoms with Crippen molar-refractivity contribution in [3.05, 3.63) is 54.0 Å². The number of halogens is 1. The molecule has 34 heavy (non-hydrogen) atoms. The fourth-order valence-electron chi connectivity index (χ4n) is 5.60. The maximum absolute atomic E-state index is 14.0. The van der Waals surface area contributed by atoms with E-state index >= 15 is 0 Å². The van der Waals surface area contributed by atoms with Gasteiger partial charge in [-0.05, 0) is 81.3 Å². The standard InChI is InChI=1S/C25H31FN4O3S/c1-27-25(19-4-3-5-20(26)14-19)12-10-24(11-13-25)17-29(23(31)30(24)16-18-6-7-18)22-9-8-21(15-28-22)34(2,32)33/h3-5,8-9,14-15,18,27H,6-7,10-13,16-17H2,1-2H3/t24-,25+. The fourth-order valence-corrected chi connectivity index (χ4v) is 6.16. The predicted octanol–water partition coefficient (Wildman–Crippen LogP) is 3.70. The number of aromatic nitrogens is 1. The third-order valence-corrected chi connectivity index (χ3v) is 9.04. The Labute approximate surface area is 200 Å². The smallest absolute Gasteiger partial charge is 0.317 e. The molecule has 3 aliphatic rings. The van der Waals surface area contributed by atoms with Crippen LogP contribution in [0.2, 0.25) is 0 Å². The lowest BCUT2D eigenvalue weighted by atomic mass is 9.69. The maximum atomic E-state index is 14.0. The highest BCUT2D eigenvalue weighted by Crippen LogP contribution is 2.48. The number of pyridine rings is 1. The lowest BCUT2D eigenvalue weighted by Crippen LogP contribution is -2.55. The Morgan fingerprint density at radius 2 is 1.88 bits per heavy atom. The number of hydrogen-bond acceptors (Lipinski definition) is 5. The summed E-state index contributed by atoms with van der Waals surface area (Å²) in [6.07, 6.45) is 7.92. The first-order valence-corrected chi connectivity index (χ1v) is 13.8. The van der Waals surface area contributed by atoms with E-state index in [2.05, 4.69) is 10.3 Å². The summed E-state index contributed by atoms with van der Waals surface area (Å²) in [5.74, 6) is 0.778. The average Bonchev–Trinajstić information content (AvgIpc) is 3.61. The third kappa shape index (κ3) is 4.09. The maximum Gasteiger partial charge on any atom is 0.326 e. The van der Waals surface area contributed by atoms with Crippen LogP contribution in [-0.2, 0) is 15.4 Å². The summed E-state index contributed by atoms with van der Waals surface area (Å²) in [7, 11) is -1.44. The number of rotatable bonds is 6. The molecule has 0 bridgehead atoms. The van der Waals surface area contributed by atoms with Crippen molar-refractivity contribution >= 4 is 21.7 Å². The van der Waals surface area contributed by atoms with Gasteiger partial charge < -0.3 is 10.2 Å². The summed E-state index contributed by atoms with van der Waals surface area (Å²) in [6.45, 7) is 1.26. The van der Waals surface area contributed by atoms with Gasteiger partial charge in [-0.1, -0.05) is 12.1 Å². The number of amides is 2. The van der Waals surface area contributed by atoms with Crippen molar-refractivity contribution < 1.29 is 17.6 Å². The van der Waals surface area contributed by atoms with Gasteiger partial charge in [0.15, 0.2) is 9.84 Å². The Morgan fingerprint density at radius 1 is 1.15 bits per heavy atom. The van der Waals surface area contributed by atoms with Crippen LogP contribution in [0.5, 0.6) is 0 Å². The van der Waals surface area contributed by atoms with Crippen LogP contribution in [-0.4, -0.2) is 56.3 Å². The van der Waals surface area contributed by atoms with Gasteiger partial charge in [0.1, 0.15) is 11.6 Å². The molecular formula is C25H31FN4O3S. The number of carbonyl (C=O) groups excluding carboxylic acids is 1. The van der Waals surface area contributed by atoms with E-state index in [1.807, 2.05) is 18.0 Å². The number of nitrogens with one attached hydrogen (secondary N) is 1. The van der Waals surface area contributed by atoms with Crippen LogP contribution in [0.1, 0.15) is 44.1 Å². The first-order chi connectivity index (χ1) is 16.2. The number of anilines is 1. The normalized spacial score (nSPS) is 27.6. The summed E-state index contributed by atoms with van der Waals surface area (Å²) < 4.78 is 37.6. The minimum atomic E-state index is -3.36. The van der Waals surface area contributed by atoms with Gasteiger partial charge in [-0.2, -0.15) is 0 Å². The summed E-state index contributed by atoms with van der Waals surface area (Å²) in [5, 5.41) is 3.46. The molecule has 9 heteroatoms. The molecule has 1 spiro atoms. The van der Waals surface area contributed by atoms with Crippen LogP contribution in [0.4, 0.5) is 15.0 Å². The molecule has 2 aromatic rings. The Bertz CT molecular complexity index is 1190. The zero-order valence-corrected chi connectivity index (χ0v) is 20.4. The molecule has 2 saturated carbocycles. The number of nitrogens with zero attached hydrogens (tertiary/aromatic N) is 3. The van der Waals surface area contributed by atoms with E-state index in [9.17, 15) is 17.6 Å². The van der Waals surface area contributed by atoms with Gasteiger partial charge in [-0.3, -0.25) is 4.90 Å². The third-order valence-electron chi connectivity index (χ3n) is 7.94. The molecule has 1 N–H and O–H groups in total. The minimum Gasteiger partial charge on any atom is -0.317 e. The molecule has 3 fully saturated rings. The second kappa shape index (κ2) is 8.30. The Hall–Kier alpha value is -2.52. The molecule has 0 unspecified atom stereocenters. The van der Waals surface area contributed by atoms with Gasteiger partial charge in [0.2, 0.25) is 0 Å². The lowest BCUT2D eigenvalue weighted by molar-refractivity contribution is 0.0761. The Kier molecular flexibility index (Phi) is 5.67. The second-order valence-corrected chi connectivity index (χ2v) is 12.1. The molecule has 5 rings (SSSR count). The second-order valence-electron chi connectivity index (χ2n) is 10.1. The molecule has 1 aromatic carbocycles. The largest absolute Gasteiger partial charge is 0.326 e. The van der Waals surface area contributed by atoms with Crippen molar-refractivity contribution in [2.45, 2.75) is 54.5 Å². The van der Waals surface area contributed by atoms with E-state index in [1.54, 1.807) is 23.1 Å². The Morgan fingerprint density at radius 3 is 2.44 bits per heavy atom. The van der Waals surface area contributed by atoms with Crippen molar-refractivity contribution in [3.63, 3.8) is 0 Å². The molecule has 2 heterocycles. The molecule has 1 aliphatic heterocycles. The number of carbonyl (C=O) groups is 1. The van der Waals surface area contributed by atoms with Crippen LogP contribution in [0, 0.1) is 11.7 Å². The topological polar surface area (TPSA) is 82.6 Å². The van der Waals surface area contributed by atoms with Gasteiger partial charge in [-0.25, -0.2) is 22.6 Å². The number of urea groups is 1. The highest BCUT2D eigenvalue weighted by molar-refractivity contribution is 7.90. The summed E-state index contributed by atoms with van der Waals surface area (Å²) >= 11 is 0. The van der Waals surface area contributed by atoms with E-state index in [1.165, 1.54) is 18.3 Å². The van der Waals surface area contributed by atoms with Crippen LogP contribution < -0.4 is 10.2 Å². The number of hydrogen-bond donors (Lipinski definition) is 1. The van der Waals surface area contributed by atoms with Crippen molar-refractivity contribution in [1.82, 2.24) is 15.2 Å². The van der Waals surface area contributed by atoms with Gasteiger partial charge in [0, 0.05) is 24.5 Å². The van der Waals surface area contributed by atoms with Gasteiger partial charge in [0.05, 0.1) is 17.0 Å². The average molecular weight is 487 g/mol. The molecule has 2 aliphatic carbocycles. The van der Waals surface area contributed by atoms with Gasteiger partial charge >= 0.3 is 6.03 Å². The van der Waals surface area contributed by atoms with Gasteiger partial charge in [-0.15, -0.1) is 0 Å². The van der Waals surface area contributed by atoms with Crippen molar-refractivity contribution in [3.8, 4) is 0 Å². The zero-order valence-electron chi connectivity index (χ0n) is 19.6. The zero-order chi connectivity index (χ0) is 24.1. The van der Waals surface area contributed by atoms with E-state index in [0.29, 0.717) is 18.3 Å². The van der Waals surface area contributed by atoms with Crippen molar-refractivity contribution in [1.29, 1.82) is 0 Å². The van der Waals surface area contributed by atoms with Crippen LogP contribution in [0.3, 0.4) is 0 Å². The van der Waals surface area contributed by atoms with Gasteiger partial charge in [0.25, 0.3) is 0 Å². The highest BCUT2D eigenvalue weighted by Gasteiger charge is 2.55.